The molecule has 1 fully saturated rings. The van der Waals surface area contributed by atoms with Crippen molar-refractivity contribution in [3.8, 4) is 0 Å². The molecule has 0 spiro atoms. The van der Waals surface area contributed by atoms with Crippen LogP contribution in [0.15, 0.2) is 24.3 Å². The average molecular weight is 233 g/mol. The van der Waals surface area contributed by atoms with Gasteiger partial charge in [-0.05, 0) is 24.5 Å². The molecule has 17 heavy (non-hydrogen) atoms. The first kappa shape index (κ1) is 12.1. The summed E-state index contributed by atoms with van der Waals surface area (Å²) in [7, 11) is 0. The van der Waals surface area contributed by atoms with Crippen LogP contribution >= 0.6 is 0 Å². The SMILES string of the molecule is Cc1ccccc1CCNC(=O)CC1COC1. The zero-order chi connectivity index (χ0) is 12.1. The summed E-state index contributed by atoms with van der Waals surface area (Å²) >= 11 is 0. The highest BCUT2D eigenvalue weighted by Crippen LogP contribution is 2.13. The van der Waals surface area contributed by atoms with E-state index in [4.69, 9.17) is 4.74 Å². The van der Waals surface area contributed by atoms with Crippen molar-refractivity contribution < 1.29 is 9.53 Å². The maximum absolute atomic E-state index is 11.6. The van der Waals surface area contributed by atoms with Crippen LogP contribution in [0.3, 0.4) is 0 Å². The Labute approximate surface area is 102 Å². The van der Waals surface area contributed by atoms with E-state index in [1.165, 1.54) is 11.1 Å². The lowest BCUT2D eigenvalue weighted by molar-refractivity contribution is -0.126. The monoisotopic (exact) mass is 233 g/mol. The summed E-state index contributed by atoms with van der Waals surface area (Å²) in [5, 5.41) is 2.96. The summed E-state index contributed by atoms with van der Waals surface area (Å²) in [4.78, 5) is 11.6. The molecule has 0 aliphatic carbocycles. The number of amides is 1. The molecule has 1 aliphatic heterocycles. The van der Waals surface area contributed by atoms with Crippen LogP contribution in [0.2, 0.25) is 0 Å². The number of hydrogen-bond acceptors (Lipinski definition) is 2. The van der Waals surface area contributed by atoms with Crippen molar-refractivity contribution >= 4 is 5.91 Å². The highest BCUT2D eigenvalue weighted by molar-refractivity contribution is 5.76. The first-order valence-corrected chi connectivity index (χ1v) is 6.14. The minimum atomic E-state index is 0.145. The molecule has 0 radical (unpaired) electrons. The minimum absolute atomic E-state index is 0.145. The van der Waals surface area contributed by atoms with E-state index in [1.807, 2.05) is 12.1 Å². The van der Waals surface area contributed by atoms with Gasteiger partial charge in [-0.2, -0.15) is 0 Å². The Morgan fingerprint density at radius 2 is 2.18 bits per heavy atom. The maximum atomic E-state index is 11.6. The van der Waals surface area contributed by atoms with Crippen LogP contribution < -0.4 is 5.32 Å². The second kappa shape index (κ2) is 5.82. The number of hydrogen-bond donors (Lipinski definition) is 1. The van der Waals surface area contributed by atoms with E-state index in [0.29, 0.717) is 12.3 Å². The lowest BCUT2D eigenvalue weighted by Crippen LogP contribution is -2.35. The summed E-state index contributed by atoms with van der Waals surface area (Å²) in [5.74, 6) is 0.584. The van der Waals surface area contributed by atoms with Gasteiger partial charge in [-0.1, -0.05) is 24.3 Å². The summed E-state index contributed by atoms with van der Waals surface area (Å²) in [6.45, 7) is 4.30. The lowest BCUT2D eigenvalue weighted by Gasteiger charge is -2.25. The third kappa shape index (κ3) is 3.56. The molecule has 0 bridgehead atoms. The van der Waals surface area contributed by atoms with Gasteiger partial charge in [0, 0.05) is 18.9 Å². The molecule has 1 N–H and O–H groups in total. The topological polar surface area (TPSA) is 38.3 Å². The van der Waals surface area contributed by atoms with Gasteiger partial charge in [0.1, 0.15) is 0 Å². The summed E-state index contributed by atoms with van der Waals surface area (Å²) in [5.41, 5.74) is 2.59. The van der Waals surface area contributed by atoms with Gasteiger partial charge in [-0.25, -0.2) is 0 Å². The van der Waals surface area contributed by atoms with Gasteiger partial charge in [0.15, 0.2) is 0 Å². The fourth-order valence-corrected chi connectivity index (χ4v) is 1.96. The second-order valence-electron chi connectivity index (χ2n) is 4.63. The largest absolute Gasteiger partial charge is 0.381 e. The number of rotatable bonds is 5. The molecule has 1 heterocycles. The number of carbonyl (C=O) groups excluding carboxylic acids is 1. The van der Waals surface area contributed by atoms with Crippen LogP contribution in [0.25, 0.3) is 0 Å². The van der Waals surface area contributed by atoms with Crippen LogP contribution in [0.5, 0.6) is 0 Å². The van der Waals surface area contributed by atoms with Gasteiger partial charge < -0.3 is 10.1 Å². The van der Waals surface area contributed by atoms with Gasteiger partial charge in [0.05, 0.1) is 13.2 Å². The molecule has 1 aromatic carbocycles. The predicted molar refractivity (Wildman–Crippen MR) is 66.8 cm³/mol. The highest BCUT2D eigenvalue weighted by atomic mass is 16.5. The standard InChI is InChI=1S/C14H19NO2/c1-11-4-2-3-5-13(11)6-7-15-14(16)8-12-9-17-10-12/h2-5,12H,6-10H2,1H3,(H,15,16). The Kier molecular flexibility index (Phi) is 4.15. The fraction of sp³-hybridized carbons (Fsp3) is 0.500. The molecule has 1 aliphatic rings. The first-order chi connectivity index (χ1) is 8.25. The lowest BCUT2D eigenvalue weighted by atomic mass is 10.0. The number of nitrogens with one attached hydrogen (secondary N) is 1. The van der Waals surface area contributed by atoms with Crippen molar-refractivity contribution in [3.63, 3.8) is 0 Å². The van der Waals surface area contributed by atoms with E-state index in [9.17, 15) is 4.79 Å². The number of aryl methyl sites for hydroxylation is 1. The fourth-order valence-electron chi connectivity index (χ4n) is 1.96. The summed E-state index contributed by atoms with van der Waals surface area (Å²) in [6.07, 6.45) is 1.51. The van der Waals surface area contributed by atoms with Crippen molar-refractivity contribution in [1.82, 2.24) is 5.32 Å². The van der Waals surface area contributed by atoms with E-state index in [-0.39, 0.29) is 5.91 Å². The maximum Gasteiger partial charge on any atom is 0.220 e. The van der Waals surface area contributed by atoms with Gasteiger partial charge in [-0.3, -0.25) is 4.79 Å². The minimum Gasteiger partial charge on any atom is -0.381 e. The van der Waals surface area contributed by atoms with E-state index in [2.05, 4.69) is 24.4 Å². The summed E-state index contributed by atoms with van der Waals surface area (Å²) < 4.78 is 5.05. The third-order valence-electron chi connectivity index (χ3n) is 3.16. The Hall–Kier alpha value is -1.35. The number of ether oxygens (including phenoxy) is 1. The molecule has 1 saturated heterocycles. The van der Waals surface area contributed by atoms with Crippen LogP contribution in [-0.2, 0) is 16.0 Å². The Balaban J connectivity index is 1.68. The molecule has 3 heteroatoms. The molecular weight excluding hydrogens is 214 g/mol. The van der Waals surface area contributed by atoms with E-state index in [1.54, 1.807) is 0 Å². The van der Waals surface area contributed by atoms with E-state index in [0.717, 1.165) is 26.2 Å². The van der Waals surface area contributed by atoms with E-state index >= 15 is 0 Å². The third-order valence-corrected chi connectivity index (χ3v) is 3.16. The molecule has 0 saturated carbocycles. The van der Waals surface area contributed by atoms with Crippen LogP contribution in [0, 0.1) is 12.8 Å². The smallest absolute Gasteiger partial charge is 0.220 e. The molecule has 3 nitrogen and oxygen atoms in total. The van der Waals surface area contributed by atoms with Crippen LogP contribution in [-0.4, -0.2) is 25.7 Å². The quantitative estimate of drug-likeness (QED) is 0.840. The molecular formula is C14H19NO2. The summed E-state index contributed by atoms with van der Waals surface area (Å²) in [6, 6.07) is 8.29. The van der Waals surface area contributed by atoms with Gasteiger partial charge in [-0.15, -0.1) is 0 Å². The Morgan fingerprint density at radius 1 is 1.41 bits per heavy atom. The zero-order valence-corrected chi connectivity index (χ0v) is 10.2. The molecule has 1 amide bonds. The molecule has 0 aromatic heterocycles. The molecule has 1 aromatic rings. The van der Waals surface area contributed by atoms with Gasteiger partial charge in [0.2, 0.25) is 5.91 Å². The highest BCUT2D eigenvalue weighted by Gasteiger charge is 2.21. The van der Waals surface area contributed by atoms with Gasteiger partial charge in [0.25, 0.3) is 0 Å². The molecule has 0 unspecified atom stereocenters. The Morgan fingerprint density at radius 3 is 2.82 bits per heavy atom. The predicted octanol–water partition coefficient (Wildman–Crippen LogP) is 1.69. The van der Waals surface area contributed by atoms with Crippen LogP contribution in [0.1, 0.15) is 17.5 Å². The number of carbonyl (C=O) groups is 1. The van der Waals surface area contributed by atoms with Gasteiger partial charge >= 0.3 is 0 Å². The zero-order valence-electron chi connectivity index (χ0n) is 10.2. The van der Waals surface area contributed by atoms with Crippen LogP contribution in [0.4, 0.5) is 0 Å². The number of benzene rings is 1. The Bertz CT molecular complexity index is 386. The van der Waals surface area contributed by atoms with Crippen molar-refractivity contribution in [2.45, 2.75) is 19.8 Å². The normalized spacial score (nSPS) is 15.4. The van der Waals surface area contributed by atoms with Crippen molar-refractivity contribution in [2.75, 3.05) is 19.8 Å². The van der Waals surface area contributed by atoms with Crippen molar-refractivity contribution in [2.24, 2.45) is 5.92 Å². The molecule has 92 valence electrons. The van der Waals surface area contributed by atoms with Crippen molar-refractivity contribution in [1.29, 1.82) is 0 Å². The second-order valence-corrected chi connectivity index (χ2v) is 4.63. The average Bonchev–Trinajstić information content (AvgIpc) is 2.26. The molecule has 0 atom stereocenters. The van der Waals surface area contributed by atoms with Crippen molar-refractivity contribution in [3.05, 3.63) is 35.4 Å². The first-order valence-electron chi connectivity index (χ1n) is 6.14. The van der Waals surface area contributed by atoms with E-state index < -0.39 is 0 Å². The molecule has 2 rings (SSSR count).